The highest BCUT2D eigenvalue weighted by Crippen LogP contribution is 2.16. The molecule has 0 saturated carbocycles. The number of benzene rings is 1. The van der Waals surface area contributed by atoms with E-state index < -0.39 is 5.82 Å². The molecule has 0 aliphatic carbocycles. The van der Waals surface area contributed by atoms with Gasteiger partial charge in [0, 0.05) is 13.1 Å². The first-order chi connectivity index (χ1) is 9.15. The zero-order valence-electron chi connectivity index (χ0n) is 10.5. The van der Waals surface area contributed by atoms with Gasteiger partial charge in [-0.1, -0.05) is 11.6 Å². The van der Waals surface area contributed by atoms with Crippen molar-refractivity contribution in [1.82, 2.24) is 19.7 Å². The molecule has 3 rings (SSSR count). The highest BCUT2D eigenvalue weighted by Gasteiger charge is 2.24. The summed E-state index contributed by atoms with van der Waals surface area (Å²) in [6, 6.07) is 4.56. The molecule has 1 aliphatic heterocycles. The number of amides is 1. The van der Waals surface area contributed by atoms with Crippen LogP contribution in [0.25, 0.3) is 0 Å². The Morgan fingerprint density at radius 2 is 2.21 bits per heavy atom. The van der Waals surface area contributed by atoms with E-state index in [0.29, 0.717) is 19.6 Å². The maximum atomic E-state index is 13.7. The van der Waals surface area contributed by atoms with Crippen LogP contribution < -0.4 is 0 Å². The summed E-state index contributed by atoms with van der Waals surface area (Å²) in [6.45, 7) is 3.38. The molecule has 0 atom stereocenters. The Bertz CT molecular complexity index is 637. The second-order valence-corrected chi connectivity index (χ2v) is 4.65. The first-order valence-electron chi connectivity index (χ1n) is 6.07. The average molecular weight is 260 g/mol. The van der Waals surface area contributed by atoms with Gasteiger partial charge in [-0.3, -0.25) is 4.79 Å². The molecule has 0 saturated heterocycles. The molecule has 0 radical (unpaired) electrons. The van der Waals surface area contributed by atoms with Gasteiger partial charge in [-0.25, -0.2) is 4.39 Å². The molecule has 0 N–H and O–H groups in total. The number of fused-ring (bicyclic) bond motifs is 1. The van der Waals surface area contributed by atoms with E-state index >= 15 is 0 Å². The van der Waals surface area contributed by atoms with Gasteiger partial charge >= 0.3 is 0 Å². The lowest BCUT2D eigenvalue weighted by molar-refractivity contribution is 0.0702. The third-order valence-electron chi connectivity index (χ3n) is 3.28. The zero-order chi connectivity index (χ0) is 13.4. The molecule has 19 heavy (non-hydrogen) atoms. The molecule has 1 aromatic heterocycles. The van der Waals surface area contributed by atoms with Crippen LogP contribution in [0.2, 0.25) is 0 Å². The highest BCUT2D eigenvalue weighted by molar-refractivity contribution is 5.94. The molecule has 1 amide bonds. The number of aryl methyl sites for hydroxylation is 1. The van der Waals surface area contributed by atoms with Crippen molar-refractivity contribution in [2.24, 2.45) is 0 Å². The molecule has 0 fully saturated rings. The van der Waals surface area contributed by atoms with E-state index in [1.807, 2.05) is 11.5 Å². The Hall–Kier alpha value is -2.24. The summed E-state index contributed by atoms with van der Waals surface area (Å²) in [5.41, 5.74) is 0.984. The molecule has 2 aromatic rings. The fraction of sp³-hybridized carbons (Fsp3) is 0.308. The maximum Gasteiger partial charge on any atom is 0.257 e. The van der Waals surface area contributed by atoms with Crippen molar-refractivity contribution in [2.45, 2.75) is 20.0 Å². The highest BCUT2D eigenvalue weighted by atomic mass is 19.1. The predicted octanol–water partition coefficient (Wildman–Crippen LogP) is 1.38. The molecule has 0 unspecified atom stereocenters. The van der Waals surface area contributed by atoms with E-state index in [9.17, 15) is 9.18 Å². The summed E-state index contributed by atoms with van der Waals surface area (Å²) in [7, 11) is 0. The lowest BCUT2D eigenvalue weighted by atomic mass is 10.1. The normalized spacial score (nSPS) is 14.3. The average Bonchev–Trinajstić information content (AvgIpc) is 2.88. The van der Waals surface area contributed by atoms with Crippen molar-refractivity contribution in [2.75, 3.05) is 6.54 Å². The fourth-order valence-electron chi connectivity index (χ4n) is 2.21. The number of halogens is 1. The summed E-state index contributed by atoms with van der Waals surface area (Å²) in [5.74, 6) is -0.0502. The zero-order valence-corrected chi connectivity index (χ0v) is 10.5. The molecule has 1 aliphatic rings. The third-order valence-corrected chi connectivity index (χ3v) is 3.28. The minimum Gasteiger partial charge on any atom is -0.329 e. The van der Waals surface area contributed by atoms with Gasteiger partial charge in [-0.05, 0) is 19.1 Å². The van der Waals surface area contributed by atoms with Crippen molar-refractivity contribution in [3.63, 3.8) is 0 Å². The van der Waals surface area contributed by atoms with Gasteiger partial charge in [-0.15, -0.1) is 10.2 Å². The lowest BCUT2D eigenvalue weighted by Crippen LogP contribution is -2.38. The summed E-state index contributed by atoms with van der Waals surface area (Å²) < 4.78 is 15.6. The molecule has 98 valence electrons. The Labute approximate surface area is 109 Å². The van der Waals surface area contributed by atoms with E-state index in [1.54, 1.807) is 23.4 Å². The van der Waals surface area contributed by atoms with E-state index in [4.69, 9.17) is 0 Å². The summed E-state index contributed by atoms with van der Waals surface area (Å²) in [6.07, 6.45) is 1.64. The number of hydrogen-bond donors (Lipinski definition) is 0. The molecular weight excluding hydrogens is 247 g/mol. The van der Waals surface area contributed by atoms with Crippen molar-refractivity contribution in [1.29, 1.82) is 0 Å². The van der Waals surface area contributed by atoms with Crippen LogP contribution >= 0.6 is 0 Å². The van der Waals surface area contributed by atoms with Gasteiger partial charge in [0.1, 0.15) is 12.1 Å². The van der Waals surface area contributed by atoms with Crippen LogP contribution in [0.3, 0.4) is 0 Å². The molecule has 6 heteroatoms. The standard InChI is InChI=1S/C13H13FN4O/c1-9-2-3-11(14)10(6-9)13(19)17-4-5-18-8-15-16-12(18)7-17/h2-3,6,8H,4-5,7H2,1H3. The molecule has 5 nitrogen and oxygen atoms in total. The third kappa shape index (κ3) is 2.09. The Morgan fingerprint density at radius 3 is 3.05 bits per heavy atom. The first-order valence-corrected chi connectivity index (χ1v) is 6.07. The van der Waals surface area contributed by atoms with Gasteiger partial charge < -0.3 is 9.47 Å². The summed E-state index contributed by atoms with van der Waals surface area (Å²) in [5, 5.41) is 7.75. The lowest BCUT2D eigenvalue weighted by Gasteiger charge is -2.27. The van der Waals surface area contributed by atoms with Crippen molar-refractivity contribution in [3.05, 3.63) is 47.3 Å². The number of carbonyl (C=O) groups excluding carboxylic acids is 1. The van der Waals surface area contributed by atoms with Crippen LogP contribution in [0.15, 0.2) is 24.5 Å². The quantitative estimate of drug-likeness (QED) is 0.778. The SMILES string of the molecule is Cc1ccc(F)c(C(=O)N2CCn3cnnc3C2)c1. The fourth-order valence-corrected chi connectivity index (χ4v) is 2.21. The summed E-state index contributed by atoms with van der Waals surface area (Å²) >= 11 is 0. The van der Waals surface area contributed by atoms with Crippen molar-refractivity contribution >= 4 is 5.91 Å². The predicted molar refractivity (Wildman–Crippen MR) is 65.9 cm³/mol. The number of carbonyl (C=O) groups is 1. The number of aromatic nitrogens is 3. The van der Waals surface area contributed by atoms with Crippen LogP contribution in [0.4, 0.5) is 4.39 Å². The van der Waals surface area contributed by atoms with E-state index in [2.05, 4.69) is 10.2 Å². The number of rotatable bonds is 1. The van der Waals surface area contributed by atoms with E-state index in [-0.39, 0.29) is 11.5 Å². The largest absolute Gasteiger partial charge is 0.329 e. The van der Waals surface area contributed by atoms with Gasteiger partial charge in [-0.2, -0.15) is 0 Å². The van der Waals surface area contributed by atoms with Crippen LogP contribution in [-0.4, -0.2) is 32.1 Å². The van der Waals surface area contributed by atoms with Crippen LogP contribution in [-0.2, 0) is 13.1 Å². The van der Waals surface area contributed by atoms with Crippen LogP contribution in [0, 0.1) is 12.7 Å². The number of hydrogen-bond acceptors (Lipinski definition) is 3. The second kappa shape index (κ2) is 4.46. The van der Waals surface area contributed by atoms with Crippen LogP contribution in [0.5, 0.6) is 0 Å². The topological polar surface area (TPSA) is 51.0 Å². The van der Waals surface area contributed by atoms with Crippen LogP contribution in [0.1, 0.15) is 21.7 Å². The summed E-state index contributed by atoms with van der Waals surface area (Å²) in [4.78, 5) is 13.9. The minimum absolute atomic E-state index is 0.118. The van der Waals surface area contributed by atoms with Crippen molar-refractivity contribution in [3.8, 4) is 0 Å². The van der Waals surface area contributed by atoms with Gasteiger partial charge in [0.2, 0.25) is 0 Å². The molecule has 1 aromatic carbocycles. The monoisotopic (exact) mass is 260 g/mol. The van der Waals surface area contributed by atoms with E-state index in [0.717, 1.165) is 11.4 Å². The Morgan fingerprint density at radius 1 is 1.37 bits per heavy atom. The molecule has 2 heterocycles. The first kappa shape index (κ1) is 11.8. The second-order valence-electron chi connectivity index (χ2n) is 4.65. The van der Waals surface area contributed by atoms with Gasteiger partial charge in [0.05, 0.1) is 12.1 Å². The minimum atomic E-state index is -0.484. The molecule has 0 bridgehead atoms. The number of nitrogens with zero attached hydrogens (tertiary/aromatic N) is 4. The Balaban J connectivity index is 1.87. The molecule has 0 spiro atoms. The smallest absolute Gasteiger partial charge is 0.257 e. The van der Waals surface area contributed by atoms with Crippen molar-refractivity contribution < 1.29 is 9.18 Å². The molecular formula is C13H13FN4O. The maximum absolute atomic E-state index is 13.7. The van der Waals surface area contributed by atoms with Gasteiger partial charge in [0.25, 0.3) is 5.91 Å². The Kier molecular flexibility index (Phi) is 2.77. The van der Waals surface area contributed by atoms with E-state index in [1.165, 1.54) is 6.07 Å². The van der Waals surface area contributed by atoms with Gasteiger partial charge in [0.15, 0.2) is 5.82 Å².